The Balaban J connectivity index is 1.10. The fourth-order valence-electron chi connectivity index (χ4n) is 7.36. The number of benzene rings is 7. The summed E-state index contributed by atoms with van der Waals surface area (Å²) in [5.41, 5.74) is 14.5. The Hall–Kier alpha value is -6.38. The second-order valence-corrected chi connectivity index (χ2v) is 12.9. The van der Waals surface area contributed by atoms with Crippen LogP contribution in [0, 0.1) is 0 Å². The molecule has 238 valence electrons. The molecule has 0 N–H and O–H groups in total. The molecule has 7 aromatic carbocycles. The third-order valence-electron chi connectivity index (χ3n) is 9.89. The number of fused-ring (bicyclic) bond motifs is 3. The van der Waals surface area contributed by atoms with Crippen molar-refractivity contribution in [2.75, 3.05) is 4.90 Å². The van der Waals surface area contributed by atoms with Crippen LogP contribution in [0.5, 0.6) is 0 Å². The zero-order valence-corrected chi connectivity index (χ0v) is 27.8. The molecule has 0 unspecified atom stereocenters. The lowest BCUT2D eigenvalue weighted by Crippen LogP contribution is -2.10. The van der Waals surface area contributed by atoms with Crippen LogP contribution in [-0.4, -0.2) is 4.57 Å². The largest absolute Gasteiger partial charge is 0.311 e. The summed E-state index contributed by atoms with van der Waals surface area (Å²) in [5.74, 6) is 0. The van der Waals surface area contributed by atoms with Crippen LogP contribution in [0.4, 0.5) is 17.1 Å². The summed E-state index contributed by atoms with van der Waals surface area (Å²) in [6.07, 6.45) is 8.84. The van der Waals surface area contributed by atoms with Crippen molar-refractivity contribution in [1.29, 1.82) is 0 Å². The van der Waals surface area contributed by atoms with Gasteiger partial charge < -0.3 is 9.47 Å². The molecule has 2 heteroatoms. The zero-order valence-electron chi connectivity index (χ0n) is 27.8. The van der Waals surface area contributed by atoms with Crippen molar-refractivity contribution in [3.63, 3.8) is 0 Å². The maximum Gasteiger partial charge on any atom is 0.0541 e. The number of hydrogen-bond donors (Lipinski definition) is 0. The van der Waals surface area contributed by atoms with Gasteiger partial charge in [-0.2, -0.15) is 0 Å². The summed E-state index contributed by atoms with van der Waals surface area (Å²) in [7, 11) is 0. The van der Waals surface area contributed by atoms with Crippen LogP contribution in [0.25, 0.3) is 55.3 Å². The number of allylic oxidation sites excluding steroid dienone is 4. The minimum Gasteiger partial charge on any atom is -0.311 e. The Morgan fingerprint density at radius 1 is 0.420 bits per heavy atom. The van der Waals surface area contributed by atoms with E-state index in [0.717, 1.165) is 29.9 Å². The summed E-state index contributed by atoms with van der Waals surface area (Å²) in [5, 5.41) is 2.52. The fraction of sp³-hybridized carbons (Fsp3) is 0.0417. The maximum atomic E-state index is 2.37. The molecule has 0 amide bonds. The molecule has 0 bridgehead atoms. The molecule has 0 atom stereocenters. The first kappa shape index (κ1) is 29.7. The smallest absolute Gasteiger partial charge is 0.0541 e. The minimum absolute atomic E-state index is 1.08. The summed E-state index contributed by atoms with van der Waals surface area (Å²) in [4.78, 5) is 2.36. The quantitative estimate of drug-likeness (QED) is 0.168. The lowest BCUT2D eigenvalue weighted by Gasteiger charge is -2.26. The highest BCUT2D eigenvalue weighted by atomic mass is 15.1. The van der Waals surface area contributed by atoms with Gasteiger partial charge in [-0.15, -0.1) is 0 Å². The molecular formula is C48H36N2. The Morgan fingerprint density at radius 2 is 0.940 bits per heavy atom. The zero-order chi connectivity index (χ0) is 33.3. The van der Waals surface area contributed by atoms with Gasteiger partial charge in [0.2, 0.25) is 0 Å². The summed E-state index contributed by atoms with van der Waals surface area (Å²) in [6, 6.07) is 63.7. The first-order chi connectivity index (χ1) is 24.8. The maximum absolute atomic E-state index is 2.37. The van der Waals surface area contributed by atoms with E-state index in [9.17, 15) is 0 Å². The number of para-hydroxylation sites is 2. The number of hydrogen-bond acceptors (Lipinski definition) is 1. The molecule has 50 heavy (non-hydrogen) atoms. The van der Waals surface area contributed by atoms with Gasteiger partial charge in [-0.3, -0.25) is 0 Å². The van der Waals surface area contributed by atoms with Gasteiger partial charge in [-0.1, -0.05) is 127 Å². The molecule has 9 rings (SSSR count). The molecule has 1 aliphatic rings. The highest BCUT2D eigenvalue weighted by molar-refractivity contribution is 6.10. The standard InChI is InChI=1S/C48H36N2/c1-4-12-35(13-5-1)37-20-27-42(28-21-37)49(43-29-22-38(23-30-43)36-14-6-2-7-15-36)44-31-24-39(25-32-44)40-26-33-48-46(34-40)45-18-10-11-19-47(45)50(48)41-16-8-3-9-17-41/h1-6,8-14,16-34H,7,15H2. The second-order valence-electron chi connectivity index (χ2n) is 12.9. The fourth-order valence-corrected chi connectivity index (χ4v) is 7.36. The van der Waals surface area contributed by atoms with Crippen LogP contribution >= 0.6 is 0 Å². The van der Waals surface area contributed by atoms with Gasteiger partial charge in [-0.25, -0.2) is 0 Å². The normalized spacial score (nSPS) is 12.7. The predicted molar refractivity (Wildman–Crippen MR) is 213 cm³/mol. The molecule has 1 aliphatic carbocycles. The Bertz CT molecular complexity index is 2480. The van der Waals surface area contributed by atoms with Crippen LogP contribution in [0.3, 0.4) is 0 Å². The van der Waals surface area contributed by atoms with Gasteiger partial charge in [-0.05, 0) is 113 Å². The van der Waals surface area contributed by atoms with E-state index in [1.165, 1.54) is 60.9 Å². The summed E-state index contributed by atoms with van der Waals surface area (Å²) in [6.45, 7) is 0. The topological polar surface area (TPSA) is 8.17 Å². The van der Waals surface area contributed by atoms with Crippen molar-refractivity contribution in [2.45, 2.75) is 12.8 Å². The van der Waals surface area contributed by atoms with Crippen LogP contribution in [0.2, 0.25) is 0 Å². The third-order valence-corrected chi connectivity index (χ3v) is 9.89. The van der Waals surface area contributed by atoms with Crippen LogP contribution in [-0.2, 0) is 0 Å². The third kappa shape index (κ3) is 5.51. The van der Waals surface area contributed by atoms with Gasteiger partial charge in [0.25, 0.3) is 0 Å². The number of nitrogens with zero attached hydrogens (tertiary/aromatic N) is 2. The van der Waals surface area contributed by atoms with E-state index >= 15 is 0 Å². The van der Waals surface area contributed by atoms with Crippen molar-refractivity contribution < 1.29 is 0 Å². The Kier molecular flexibility index (Phi) is 7.68. The SMILES string of the molecule is C1=CCCC(c2ccc(N(c3ccc(-c4ccccc4)cc3)c3ccc(-c4ccc5c(c4)c4ccccc4n5-c4ccccc4)cc3)cc2)=C1. The first-order valence-electron chi connectivity index (χ1n) is 17.4. The van der Waals surface area contributed by atoms with Crippen molar-refractivity contribution in [2.24, 2.45) is 0 Å². The summed E-state index contributed by atoms with van der Waals surface area (Å²) >= 11 is 0. The van der Waals surface area contributed by atoms with E-state index in [1.807, 2.05) is 0 Å². The van der Waals surface area contributed by atoms with E-state index in [2.05, 4.69) is 204 Å². The molecule has 8 aromatic rings. The van der Waals surface area contributed by atoms with E-state index in [4.69, 9.17) is 0 Å². The molecule has 0 fully saturated rings. The van der Waals surface area contributed by atoms with Gasteiger partial charge in [0.05, 0.1) is 11.0 Å². The summed E-state index contributed by atoms with van der Waals surface area (Å²) < 4.78 is 2.37. The van der Waals surface area contributed by atoms with Crippen LogP contribution in [0.15, 0.2) is 194 Å². The second kappa shape index (κ2) is 12.9. The van der Waals surface area contributed by atoms with E-state index in [0.29, 0.717) is 0 Å². The molecule has 0 saturated carbocycles. The highest BCUT2D eigenvalue weighted by Gasteiger charge is 2.16. The van der Waals surface area contributed by atoms with E-state index in [-0.39, 0.29) is 0 Å². The van der Waals surface area contributed by atoms with Crippen molar-refractivity contribution in [3.05, 3.63) is 200 Å². The van der Waals surface area contributed by atoms with Crippen molar-refractivity contribution in [3.8, 4) is 27.9 Å². The Labute approximate surface area is 293 Å². The van der Waals surface area contributed by atoms with Crippen molar-refractivity contribution >= 4 is 44.4 Å². The molecular weight excluding hydrogens is 605 g/mol. The lowest BCUT2D eigenvalue weighted by atomic mass is 9.97. The number of aromatic nitrogens is 1. The molecule has 0 spiro atoms. The van der Waals surface area contributed by atoms with Gasteiger partial charge in [0, 0.05) is 33.5 Å². The van der Waals surface area contributed by atoms with Gasteiger partial charge in [0.15, 0.2) is 0 Å². The highest BCUT2D eigenvalue weighted by Crippen LogP contribution is 2.39. The Morgan fingerprint density at radius 3 is 1.58 bits per heavy atom. The first-order valence-corrected chi connectivity index (χ1v) is 17.4. The van der Waals surface area contributed by atoms with Crippen molar-refractivity contribution in [1.82, 2.24) is 4.57 Å². The van der Waals surface area contributed by atoms with E-state index < -0.39 is 0 Å². The lowest BCUT2D eigenvalue weighted by molar-refractivity contribution is 1.05. The van der Waals surface area contributed by atoms with Gasteiger partial charge >= 0.3 is 0 Å². The molecule has 0 radical (unpaired) electrons. The van der Waals surface area contributed by atoms with Gasteiger partial charge in [0.1, 0.15) is 0 Å². The monoisotopic (exact) mass is 640 g/mol. The molecule has 2 nitrogen and oxygen atoms in total. The number of rotatable bonds is 7. The number of anilines is 3. The van der Waals surface area contributed by atoms with E-state index in [1.54, 1.807) is 0 Å². The molecule has 0 aliphatic heterocycles. The molecule has 0 saturated heterocycles. The molecule has 1 aromatic heterocycles. The van der Waals surface area contributed by atoms with Crippen LogP contribution < -0.4 is 4.90 Å². The van der Waals surface area contributed by atoms with Crippen LogP contribution in [0.1, 0.15) is 18.4 Å². The molecule has 1 heterocycles. The predicted octanol–water partition coefficient (Wildman–Crippen LogP) is 13.3. The average Bonchev–Trinajstić information content (AvgIpc) is 3.53. The minimum atomic E-state index is 1.08. The average molecular weight is 641 g/mol.